The van der Waals surface area contributed by atoms with Crippen LogP contribution in [0.25, 0.3) is 0 Å². The second-order valence-electron chi connectivity index (χ2n) is 5.39. The van der Waals surface area contributed by atoms with Crippen molar-refractivity contribution in [2.75, 3.05) is 12.4 Å². The zero-order valence-corrected chi connectivity index (χ0v) is 10.1. The quantitative estimate of drug-likeness (QED) is 0.845. The number of hydrogen-bond acceptors (Lipinski definition) is 3. The van der Waals surface area contributed by atoms with E-state index in [9.17, 15) is 0 Å². The second kappa shape index (κ2) is 3.75. The second-order valence-corrected chi connectivity index (χ2v) is 5.39. The van der Waals surface area contributed by atoms with Gasteiger partial charge in [-0.05, 0) is 37.0 Å². The number of nitrogens with zero attached hydrogens (tertiary/aromatic N) is 3. The molecule has 1 N–H and O–H groups in total. The molecule has 0 aliphatic heterocycles. The van der Waals surface area contributed by atoms with Crippen LogP contribution in [-0.4, -0.2) is 21.8 Å². The van der Waals surface area contributed by atoms with Crippen LogP contribution in [0, 0.1) is 17.8 Å². The Morgan fingerprint density at radius 3 is 2.75 bits per heavy atom. The molecule has 0 radical (unpaired) electrons. The Balaban J connectivity index is 1.72. The van der Waals surface area contributed by atoms with E-state index in [0.29, 0.717) is 0 Å². The molecule has 4 heteroatoms. The summed E-state index contributed by atoms with van der Waals surface area (Å²) in [5, 5.41) is 11.5. The summed E-state index contributed by atoms with van der Waals surface area (Å²) in [7, 11) is 3.94. The van der Waals surface area contributed by atoms with E-state index in [1.807, 2.05) is 14.1 Å². The summed E-state index contributed by atoms with van der Waals surface area (Å²) in [6.07, 6.45) is 6.94. The molecule has 2 bridgehead atoms. The van der Waals surface area contributed by atoms with Crippen LogP contribution < -0.4 is 5.32 Å². The summed E-state index contributed by atoms with van der Waals surface area (Å²) in [4.78, 5) is 0. The lowest BCUT2D eigenvalue weighted by Crippen LogP contribution is -2.15. The van der Waals surface area contributed by atoms with Gasteiger partial charge in [0.2, 0.25) is 5.95 Å². The first-order valence-corrected chi connectivity index (χ1v) is 6.34. The maximum absolute atomic E-state index is 4.28. The molecule has 0 spiro atoms. The lowest BCUT2D eigenvalue weighted by Gasteiger charge is -2.20. The van der Waals surface area contributed by atoms with Crippen LogP contribution in [0.5, 0.6) is 0 Å². The van der Waals surface area contributed by atoms with E-state index in [-0.39, 0.29) is 0 Å². The zero-order chi connectivity index (χ0) is 11.1. The fraction of sp³-hybridized carbons (Fsp3) is 0.833. The molecule has 3 rings (SSSR count). The SMILES string of the molecule is CNc1nnc(CC2CC3CCC2C3)n1C. The summed E-state index contributed by atoms with van der Waals surface area (Å²) < 4.78 is 2.09. The Labute approximate surface area is 96.4 Å². The van der Waals surface area contributed by atoms with E-state index >= 15 is 0 Å². The molecule has 4 nitrogen and oxygen atoms in total. The Morgan fingerprint density at radius 1 is 1.31 bits per heavy atom. The molecule has 1 aromatic heterocycles. The molecule has 2 aliphatic rings. The molecular weight excluding hydrogens is 200 g/mol. The molecule has 88 valence electrons. The molecule has 1 aromatic rings. The highest BCUT2D eigenvalue weighted by molar-refractivity contribution is 5.23. The first kappa shape index (κ1) is 10.1. The molecule has 0 aromatic carbocycles. The molecule has 2 aliphatic carbocycles. The van der Waals surface area contributed by atoms with E-state index in [0.717, 1.165) is 35.9 Å². The van der Waals surface area contributed by atoms with E-state index in [2.05, 4.69) is 20.1 Å². The Morgan fingerprint density at radius 2 is 2.19 bits per heavy atom. The third-order valence-corrected chi connectivity index (χ3v) is 4.52. The van der Waals surface area contributed by atoms with Crippen molar-refractivity contribution in [1.29, 1.82) is 0 Å². The van der Waals surface area contributed by atoms with Gasteiger partial charge in [-0.25, -0.2) is 0 Å². The highest BCUT2D eigenvalue weighted by Gasteiger charge is 2.39. The normalized spacial score (nSPS) is 32.2. The van der Waals surface area contributed by atoms with Crippen LogP contribution in [0.4, 0.5) is 5.95 Å². The minimum absolute atomic E-state index is 0.867. The fourth-order valence-corrected chi connectivity index (χ4v) is 3.62. The number of hydrogen-bond donors (Lipinski definition) is 1. The minimum Gasteiger partial charge on any atom is -0.357 e. The van der Waals surface area contributed by atoms with Gasteiger partial charge in [-0.1, -0.05) is 6.42 Å². The number of fused-ring (bicyclic) bond motifs is 2. The topological polar surface area (TPSA) is 42.7 Å². The monoisotopic (exact) mass is 220 g/mol. The predicted octanol–water partition coefficient (Wildman–Crippen LogP) is 1.84. The van der Waals surface area contributed by atoms with Gasteiger partial charge in [0.05, 0.1) is 0 Å². The summed E-state index contributed by atoms with van der Waals surface area (Å²) in [5.41, 5.74) is 0. The van der Waals surface area contributed by atoms with Gasteiger partial charge in [-0.15, -0.1) is 10.2 Å². The number of aromatic nitrogens is 3. The van der Waals surface area contributed by atoms with Crippen LogP contribution in [0.1, 0.15) is 31.5 Å². The van der Waals surface area contributed by atoms with Gasteiger partial charge in [0, 0.05) is 20.5 Å². The van der Waals surface area contributed by atoms with Gasteiger partial charge in [0.25, 0.3) is 0 Å². The van der Waals surface area contributed by atoms with Crippen LogP contribution >= 0.6 is 0 Å². The number of rotatable bonds is 3. The average molecular weight is 220 g/mol. The Bertz CT molecular complexity index is 384. The maximum atomic E-state index is 4.28. The van der Waals surface area contributed by atoms with E-state index < -0.39 is 0 Å². The molecule has 16 heavy (non-hydrogen) atoms. The molecule has 2 fully saturated rings. The van der Waals surface area contributed by atoms with Crippen molar-refractivity contribution in [2.45, 2.75) is 32.1 Å². The summed E-state index contributed by atoms with van der Waals surface area (Å²) in [6, 6.07) is 0. The fourth-order valence-electron chi connectivity index (χ4n) is 3.62. The predicted molar refractivity (Wildman–Crippen MR) is 63.2 cm³/mol. The molecule has 0 saturated heterocycles. The first-order chi connectivity index (χ1) is 7.78. The van der Waals surface area contributed by atoms with Crippen molar-refractivity contribution in [3.63, 3.8) is 0 Å². The van der Waals surface area contributed by atoms with Crippen LogP contribution in [0.15, 0.2) is 0 Å². The third kappa shape index (κ3) is 1.51. The Kier molecular flexibility index (Phi) is 2.37. The third-order valence-electron chi connectivity index (χ3n) is 4.52. The van der Waals surface area contributed by atoms with Gasteiger partial charge in [-0.2, -0.15) is 0 Å². The van der Waals surface area contributed by atoms with Crippen molar-refractivity contribution in [1.82, 2.24) is 14.8 Å². The van der Waals surface area contributed by atoms with Gasteiger partial charge in [-0.3, -0.25) is 0 Å². The van der Waals surface area contributed by atoms with Gasteiger partial charge in [0.15, 0.2) is 0 Å². The van der Waals surface area contributed by atoms with Gasteiger partial charge >= 0.3 is 0 Å². The van der Waals surface area contributed by atoms with E-state index in [1.165, 1.54) is 25.7 Å². The molecule has 3 unspecified atom stereocenters. The maximum Gasteiger partial charge on any atom is 0.224 e. The van der Waals surface area contributed by atoms with Gasteiger partial charge in [0.1, 0.15) is 5.82 Å². The lowest BCUT2D eigenvalue weighted by molar-refractivity contribution is 0.324. The van der Waals surface area contributed by atoms with Crippen molar-refractivity contribution in [3.05, 3.63) is 5.82 Å². The lowest BCUT2D eigenvalue weighted by atomic mass is 9.86. The zero-order valence-electron chi connectivity index (χ0n) is 10.1. The molecule has 2 saturated carbocycles. The smallest absolute Gasteiger partial charge is 0.224 e. The van der Waals surface area contributed by atoms with Crippen molar-refractivity contribution >= 4 is 5.95 Å². The number of anilines is 1. The van der Waals surface area contributed by atoms with Crippen molar-refractivity contribution in [3.8, 4) is 0 Å². The highest BCUT2D eigenvalue weighted by atomic mass is 15.3. The highest BCUT2D eigenvalue weighted by Crippen LogP contribution is 2.49. The van der Waals surface area contributed by atoms with Crippen LogP contribution in [0.2, 0.25) is 0 Å². The summed E-state index contributed by atoms with van der Waals surface area (Å²) in [5.74, 6) is 4.87. The van der Waals surface area contributed by atoms with E-state index in [4.69, 9.17) is 0 Å². The summed E-state index contributed by atoms with van der Waals surface area (Å²) in [6.45, 7) is 0. The van der Waals surface area contributed by atoms with Crippen molar-refractivity contribution < 1.29 is 0 Å². The van der Waals surface area contributed by atoms with Crippen LogP contribution in [-0.2, 0) is 13.5 Å². The Hall–Kier alpha value is -1.06. The average Bonchev–Trinajstić information content (AvgIpc) is 2.96. The van der Waals surface area contributed by atoms with Crippen molar-refractivity contribution in [2.24, 2.45) is 24.8 Å². The number of nitrogens with one attached hydrogen (secondary N) is 1. The molecule has 1 heterocycles. The molecule has 3 atom stereocenters. The van der Waals surface area contributed by atoms with Crippen LogP contribution in [0.3, 0.4) is 0 Å². The van der Waals surface area contributed by atoms with E-state index in [1.54, 1.807) is 0 Å². The van der Waals surface area contributed by atoms with Gasteiger partial charge < -0.3 is 9.88 Å². The largest absolute Gasteiger partial charge is 0.357 e. The molecular formula is C12H20N4. The standard InChI is InChI=1S/C12H20N4/c1-13-12-15-14-11(16(12)2)7-10-6-8-3-4-9(10)5-8/h8-10H,3-7H2,1-2H3,(H,13,15). The summed E-state index contributed by atoms with van der Waals surface area (Å²) >= 11 is 0. The molecule has 0 amide bonds. The minimum atomic E-state index is 0.867. The first-order valence-electron chi connectivity index (χ1n) is 6.34.